The van der Waals surface area contributed by atoms with Gasteiger partial charge < -0.3 is 10.1 Å². The lowest BCUT2D eigenvalue weighted by Crippen LogP contribution is -2.26. The summed E-state index contributed by atoms with van der Waals surface area (Å²) in [6.07, 6.45) is 6.67. The Morgan fingerprint density at radius 2 is 2.10 bits per heavy atom. The van der Waals surface area contributed by atoms with Gasteiger partial charge in [0.05, 0.1) is 18.4 Å². The maximum Gasteiger partial charge on any atom is 0.230 e. The minimum Gasteiger partial charge on any atom is -0.376 e. The Balaban J connectivity index is 1.64. The van der Waals surface area contributed by atoms with Crippen molar-refractivity contribution in [2.75, 3.05) is 18.9 Å². The summed E-state index contributed by atoms with van der Waals surface area (Å²) in [4.78, 5) is 12.2. The van der Waals surface area contributed by atoms with Gasteiger partial charge >= 0.3 is 0 Å². The zero-order valence-corrected chi connectivity index (χ0v) is 17.7. The predicted octanol–water partition coefficient (Wildman–Crippen LogP) is 4.05. The molecule has 1 fully saturated rings. The third-order valence-electron chi connectivity index (χ3n) is 4.91. The molecule has 29 heavy (non-hydrogen) atoms. The SMILES string of the molecule is CCCCCCNC(=O)CSc1nnc(-c2ccc(F)cc2)n1CC1CCCO1. The molecule has 0 saturated carbocycles. The third kappa shape index (κ3) is 6.54. The standard InChI is InChI=1S/C21H29FN4O2S/c1-2-3-4-5-12-23-19(27)15-29-21-25-24-20(16-8-10-17(22)11-9-16)26(21)14-18-7-6-13-28-18/h8-11,18H,2-7,12-15H2,1H3,(H,23,27). The molecule has 3 rings (SSSR count). The highest BCUT2D eigenvalue weighted by Gasteiger charge is 2.22. The van der Waals surface area contributed by atoms with Crippen LogP contribution in [0.25, 0.3) is 11.4 Å². The average molecular weight is 421 g/mol. The summed E-state index contributed by atoms with van der Waals surface area (Å²) in [6, 6.07) is 6.23. The van der Waals surface area contributed by atoms with Gasteiger partial charge in [0.15, 0.2) is 11.0 Å². The number of benzene rings is 1. The fourth-order valence-electron chi connectivity index (χ4n) is 3.33. The molecule has 0 aliphatic carbocycles. The zero-order chi connectivity index (χ0) is 20.5. The highest BCUT2D eigenvalue weighted by atomic mass is 32.2. The second kappa shape index (κ2) is 11.3. The van der Waals surface area contributed by atoms with E-state index in [1.807, 2.05) is 4.57 Å². The second-order valence-electron chi connectivity index (χ2n) is 7.26. The third-order valence-corrected chi connectivity index (χ3v) is 5.88. The van der Waals surface area contributed by atoms with E-state index in [1.54, 1.807) is 12.1 Å². The van der Waals surface area contributed by atoms with Crippen molar-refractivity contribution in [2.45, 2.75) is 63.3 Å². The van der Waals surface area contributed by atoms with E-state index in [9.17, 15) is 9.18 Å². The lowest BCUT2D eigenvalue weighted by atomic mass is 10.2. The van der Waals surface area contributed by atoms with Crippen molar-refractivity contribution in [1.82, 2.24) is 20.1 Å². The first kappa shape index (κ1) is 21.8. The van der Waals surface area contributed by atoms with Crippen molar-refractivity contribution in [3.63, 3.8) is 0 Å². The van der Waals surface area contributed by atoms with Crippen molar-refractivity contribution >= 4 is 17.7 Å². The molecule has 158 valence electrons. The van der Waals surface area contributed by atoms with Crippen molar-refractivity contribution < 1.29 is 13.9 Å². The minimum absolute atomic E-state index is 0.00139. The van der Waals surface area contributed by atoms with E-state index >= 15 is 0 Å². The van der Waals surface area contributed by atoms with Gasteiger partial charge in [-0.25, -0.2) is 4.39 Å². The molecule has 1 atom stereocenters. The van der Waals surface area contributed by atoms with Gasteiger partial charge in [-0.3, -0.25) is 9.36 Å². The number of nitrogens with zero attached hydrogens (tertiary/aromatic N) is 3. The summed E-state index contributed by atoms with van der Waals surface area (Å²) >= 11 is 1.37. The number of nitrogens with one attached hydrogen (secondary N) is 1. The van der Waals surface area contributed by atoms with E-state index in [4.69, 9.17) is 4.74 Å². The van der Waals surface area contributed by atoms with Crippen LogP contribution in [0, 0.1) is 5.82 Å². The Morgan fingerprint density at radius 3 is 2.83 bits per heavy atom. The van der Waals surface area contributed by atoms with Crippen molar-refractivity contribution in [1.29, 1.82) is 0 Å². The van der Waals surface area contributed by atoms with Crippen LogP contribution < -0.4 is 5.32 Å². The van der Waals surface area contributed by atoms with E-state index in [0.717, 1.165) is 37.9 Å². The van der Waals surface area contributed by atoms with E-state index in [2.05, 4.69) is 22.4 Å². The zero-order valence-electron chi connectivity index (χ0n) is 16.9. The number of carbonyl (C=O) groups excluding carboxylic acids is 1. The van der Waals surface area contributed by atoms with Gasteiger partial charge in [-0.15, -0.1) is 10.2 Å². The average Bonchev–Trinajstić information content (AvgIpc) is 3.37. The first-order valence-corrected chi connectivity index (χ1v) is 11.4. The summed E-state index contributed by atoms with van der Waals surface area (Å²) in [5.41, 5.74) is 0.795. The van der Waals surface area contributed by atoms with E-state index < -0.39 is 0 Å². The van der Waals surface area contributed by atoms with Crippen LogP contribution in [0.5, 0.6) is 0 Å². The predicted molar refractivity (Wildman–Crippen MR) is 112 cm³/mol. The molecule has 0 spiro atoms. The topological polar surface area (TPSA) is 69.0 Å². The van der Waals surface area contributed by atoms with Gasteiger partial charge in [-0.1, -0.05) is 37.9 Å². The van der Waals surface area contributed by atoms with Gasteiger partial charge in [-0.2, -0.15) is 0 Å². The number of thioether (sulfide) groups is 1. The number of hydrogen-bond donors (Lipinski definition) is 1. The fraction of sp³-hybridized carbons (Fsp3) is 0.571. The molecule has 1 saturated heterocycles. The Morgan fingerprint density at radius 1 is 1.28 bits per heavy atom. The largest absolute Gasteiger partial charge is 0.376 e. The number of rotatable bonds is 11. The normalized spacial score (nSPS) is 16.3. The molecule has 1 aliphatic rings. The Hall–Kier alpha value is -1.93. The molecule has 0 bridgehead atoms. The van der Waals surface area contributed by atoms with Crippen LogP contribution >= 0.6 is 11.8 Å². The molecule has 2 heterocycles. The molecular formula is C21H29FN4O2S. The van der Waals surface area contributed by atoms with Crippen LogP contribution in [0.1, 0.15) is 45.4 Å². The van der Waals surface area contributed by atoms with Crippen LogP contribution in [0.3, 0.4) is 0 Å². The lowest BCUT2D eigenvalue weighted by Gasteiger charge is -2.14. The summed E-state index contributed by atoms with van der Waals surface area (Å²) in [5.74, 6) is 0.675. The Bertz CT molecular complexity index is 775. The monoisotopic (exact) mass is 420 g/mol. The van der Waals surface area contributed by atoms with Crippen molar-refractivity contribution in [2.24, 2.45) is 0 Å². The highest BCUT2D eigenvalue weighted by molar-refractivity contribution is 7.99. The summed E-state index contributed by atoms with van der Waals surface area (Å²) in [6.45, 7) is 4.27. The smallest absolute Gasteiger partial charge is 0.230 e. The Kier molecular flexibility index (Phi) is 8.49. The second-order valence-corrected chi connectivity index (χ2v) is 8.20. The molecule has 1 N–H and O–H groups in total. The molecular weight excluding hydrogens is 391 g/mol. The quantitative estimate of drug-likeness (QED) is 0.439. The maximum atomic E-state index is 13.3. The first-order chi connectivity index (χ1) is 14.2. The molecule has 8 heteroatoms. The fourth-order valence-corrected chi connectivity index (χ4v) is 4.10. The van der Waals surface area contributed by atoms with Gasteiger partial charge in [-0.05, 0) is 43.5 Å². The molecule has 1 unspecified atom stereocenters. The minimum atomic E-state index is -0.288. The van der Waals surface area contributed by atoms with E-state index in [-0.39, 0.29) is 17.8 Å². The molecule has 1 aromatic carbocycles. The van der Waals surface area contributed by atoms with E-state index in [0.29, 0.717) is 29.8 Å². The van der Waals surface area contributed by atoms with Crippen LogP contribution in [0.4, 0.5) is 4.39 Å². The number of aromatic nitrogens is 3. The van der Waals surface area contributed by atoms with Crippen LogP contribution in [0.2, 0.25) is 0 Å². The number of carbonyl (C=O) groups is 1. The first-order valence-electron chi connectivity index (χ1n) is 10.4. The van der Waals surface area contributed by atoms with Gasteiger partial charge in [0.1, 0.15) is 5.82 Å². The summed E-state index contributed by atoms with van der Waals surface area (Å²) < 4.78 is 21.1. The molecule has 1 aromatic heterocycles. The van der Waals surface area contributed by atoms with Crippen LogP contribution in [0.15, 0.2) is 29.4 Å². The van der Waals surface area contributed by atoms with Gasteiger partial charge in [0.2, 0.25) is 5.91 Å². The van der Waals surface area contributed by atoms with Gasteiger partial charge in [0, 0.05) is 18.7 Å². The maximum absolute atomic E-state index is 13.3. The lowest BCUT2D eigenvalue weighted by molar-refractivity contribution is -0.118. The highest BCUT2D eigenvalue weighted by Crippen LogP contribution is 2.26. The molecule has 1 amide bonds. The van der Waals surface area contributed by atoms with Crippen LogP contribution in [-0.2, 0) is 16.1 Å². The number of unbranched alkanes of at least 4 members (excludes halogenated alkanes) is 3. The molecule has 0 radical (unpaired) electrons. The molecule has 1 aliphatic heterocycles. The molecule has 6 nitrogen and oxygen atoms in total. The molecule has 2 aromatic rings. The van der Waals surface area contributed by atoms with E-state index in [1.165, 1.54) is 36.7 Å². The number of halogens is 1. The summed E-state index contributed by atoms with van der Waals surface area (Å²) in [7, 11) is 0. The summed E-state index contributed by atoms with van der Waals surface area (Å²) in [5, 5.41) is 12.3. The Labute approximate surface area is 175 Å². The number of ether oxygens (including phenoxy) is 1. The van der Waals surface area contributed by atoms with Crippen molar-refractivity contribution in [3.8, 4) is 11.4 Å². The number of amides is 1. The van der Waals surface area contributed by atoms with Crippen molar-refractivity contribution in [3.05, 3.63) is 30.1 Å². The van der Waals surface area contributed by atoms with Crippen LogP contribution in [-0.4, -0.2) is 45.7 Å². The number of hydrogen-bond acceptors (Lipinski definition) is 5. The van der Waals surface area contributed by atoms with Gasteiger partial charge in [0.25, 0.3) is 0 Å².